The third kappa shape index (κ3) is 11.0. The Bertz CT molecular complexity index is 2060. The molecule has 53 heavy (non-hydrogen) atoms. The fourth-order valence-electron chi connectivity index (χ4n) is 5.18. The van der Waals surface area contributed by atoms with Gasteiger partial charge in [0.25, 0.3) is 0 Å². The molecule has 4 aromatic carbocycles. The monoisotopic (exact) mass is 865 g/mol. The fourth-order valence-corrected chi connectivity index (χ4v) is 5.18. The van der Waals surface area contributed by atoms with E-state index in [0.29, 0.717) is 5.82 Å². The van der Waals surface area contributed by atoms with E-state index in [1.54, 1.807) is 12.4 Å². The minimum absolute atomic E-state index is 0. The summed E-state index contributed by atoms with van der Waals surface area (Å²) < 4.78 is 0. The molecule has 0 saturated carbocycles. The van der Waals surface area contributed by atoms with E-state index in [1.165, 1.54) is 5.56 Å². The summed E-state index contributed by atoms with van der Waals surface area (Å²) in [5.74, 6) is 0.672. The van der Waals surface area contributed by atoms with Crippen molar-refractivity contribution in [1.29, 1.82) is 0 Å². The van der Waals surface area contributed by atoms with Crippen LogP contribution in [0.3, 0.4) is 0 Å². The van der Waals surface area contributed by atoms with Crippen LogP contribution in [0.25, 0.3) is 56.3 Å². The molecule has 0 aliphatic heterocycles. The molecule has 0 unspecified atom stereocenters. The van der Waals surface area contributed by atoms with Crippen molar-refractivity contribution in [2.75, 3.05) is 0 Å². The molecule has 0 radical (unpaired) electrons. The van der Waals surface area contributed by atoms with Gasteiger partial charge in [0.2, 0.25) is 0 Å². The summed E-state index contributed by atoms with van der Waals surface area (Å²) in [6, 6.07) is 57.2. The van der Waals surface area contributed by atoms with E-state index < -0.39 is 0 Å². The Morgan fingerprint density at radius 1 is 0.396 bits per heavy atom. The second-order valence-corrected chi connectivity index (χ2v) is 12.8. The van der Waals surface area contributed by atoms with Gasteiger partial charge in [-0.3, -0.25) is 0 Å². The van der Waals surface area contributed by atoms with Gasteiger partial charge in [-0.2, -0.15) is 0 Å². The standard InChI is InChI=1S/C25H22N3.2C11H8N.Ir/c1-25(2,3)22-12-9-18(10-13-22)21-16-27-24(28-17-21)20-11-14-23(26-15-20)19-7-5-4-6-8-19;2*1-2-6-10(7-3-1)11-8-4-5-9-12-11;/h4-7,9-17H,1-3H3;2*1-6,8-9H;/q3*-1;+3. The van der Waals surface area contributed by atoms with Crippen LogP contribution in [0.2, 0.25) is 0 Å². The summed E-state index contributed by atoms with van der Waals surface area (Å²) in [5.41, 5.74) is 10.4. The first-order valence-corrected chi connectivity index (χ1v) is 17.1. The molecule has 5 nitrogen and oxygen atoms in total. The maximum absolute atomic E-state index is 4.54. The first-order chi connectivity index (χ1) is 25.4. The maximum atomic E-state index is 4.54. The van der Waals surface area contributed by atoms with Crippen molar-refractivity contribution in [2.24, 2.45) is 0 Å². The Labute approximate surface area is 326 Å². The Balaban J connectivity index is 0.000000178. The van der Waals surface area contributed by atoms with Crippen LogP contribution in [0, 0.1) is 18.2 Å². The van der Waals surface area contributed by atoms with Crippen molar-refractivity contribution in [3.8, 4) is 56.3 Å². The van der Waals surface area contributed by atoms with Crippen molar-refractivity contribution in [1.82, 2.24) is 24.9 Å². The molecule has 0 fully saturated rings. The van der Waals surface area contributed by atoms with Crippen molar-refractivity contribution < 1.29 is 20.1 Å². The third-order valence-corrected chi connectivity index (χ3v) is 8.04. The van der Waals surface area contributed by atoms with Gasteiger partial charge >= 0.3 is 20.1 Å². The van der Waals surface area contributed by atoms with Crippen molar-refractivity contribution >= 4 is 0 Å². The van der Waals surface area contributed by atoms with Crippen LogP contribution >= 0.6 is 0 Å². The van der Waals surface area contributed by atoms with Gasteiger partial charge in [0, 0.05) is 42.1 Å². The Morgan fingerprint density at radius 2 is 0.830 bits per heavy atom. The number of pyridine rings is 3. The average Bonchev–Trinajstić information content (AvgIpc) is 3.23. The zero-order chi connectivity index (χ0) is 36.0. The Morgan fingerprint density at radius 3 is 1.21 bits per heavy atom. The summed E-state index contributed by atoms with van der Waals surface area (Å²) in [6.45, 7) is 6.65. The fraction of sp³-hybridized carbons (Fsp3) is 0.0851. The summed E-state index contributed by atoms with van der Waals surface area (Å²) in [7, 11) is 0. The van der Waals surface area contributed by atoms with E-state index in [9.17, 15) is 0 Å². The maximum Gasteiger partial charge on any atom is 3.00 e. The Kier molecular flexibility index (Phi) is 13.8. The topological polar surface area (TPSA) is 64.5 Å². The molecule has 6 heteroatoms. The number of hydrogen-bond donors (Lipinski definition) is 0. The minimum Gasteiger partial charge on any atom is -0.305 e. The van der Waals surface area contributed by atoms with Crippen LogP contribution in [0.15, 0.2) is 177 Å². The summed E-state index contributed by atoms with van der Waals surface area (Å²) >= 11 is 0. The van der Waals surface area contributed by atoms with Gasteiger partial charge in [0.1, 0.15) is 0 Å². The molecule has 8 rings (SSSR count). The van der Waals surface area contributed by atoms with Gasteiger partial charge in [-0.1, -0.05) is 81.4 Å². The van der Waals surface area contributed by atoms with E-state index in [1.807, 2.05) is 140 Å². The van der Waals surface area contributed by atoms with Gasteiger partial charge in [0.05, 0.1) is 0 Å². The van der Waals surface area contributed by atoms with Crippen LogP contribution in [0.5, 0.6) is 0 Å². The first kappa shape index (κ1) is 38.3. The molecule has 260 valence electrons. The normalized spacial score (nSPS) is 10.4. The molecule has 4 aromatic heterocycles. The number of rotatable bonds is 5. The van der Waals surface area contributed by atoms with Crippen LogP contribution in [-0.4, -0.2) is 24.9 Å². The van der Waals surface area contributed by atoms with Gasteiger partial charge in [-0.15, -0.1) is 108 Å². The van der Waals surface area contributed by atoms with Gasteiger partial charge in [0.15, 0.2) is 5.82 Å². The van der Waals surface area contributed by atoms with Crippen LogP contribution in [0.4, 0.5) is 0 Å². The van der Waals surface area contributed by atoms with E-state index in [0.717, 1.165) is 50.5 Å². The van der Waals surface area contributed by atoms with Crippen molar-refractivity contribution in [2.45, 2.75) is 26.2 Å². The van der Waals surface area contributed by atoms with Crippen molar-refractivity contribution in [3.63, 3.8) is 0 Å². The molecular weight excluding hydrogens is 827 g/mol. The van der Waals surface area contributed by atoms with Crippen LogP contribution < -0.4 is 0 Å². The Hall–Kier alpha value is -5.94. The molecule has 0 bridgehead atoms. The van der Waals surface area contributed by atoms with E-state index >= 15 is 0 Å². The molecule has 0 atom stereocenters. The van der Waals surface area contributed by atoms with Gasteiger partial charge < -0.3 is 15.0 Å². The predicted molar refractivity (Wildman–Crippen MR) is 211 cm³/mol. The molecule has 0 aliphatic rings. The van der Waals surface area contributed by atoms with Gasteiger partial charge in [-0.05, 0) is 45.8 Å². The van der Waals surface area contributed by atoms with E-state index in [-0.39, 0.29) is 25.5 Å². The molecule has 0 saturated heterocycles. The molecule has 0 amide bonds. The largest absolute Gasteiger partial charge is 3.00 e. The molecule has 0 spiro atoms. The van der Waals surface area contributed by atoms with E-state index in [4.69, 9.17) is 0 Å². The second-order valence-electron chi connectivity index (χ2n) is 12.8. The smallest absolute Gasteiger partial charge is 0.305 e. The quantitative estimate of drug-likeness (QED) is 0.161. The van der Waals surface area contributed by atoms with Crippen LogP contribution in [-0.2, 0) is 25.5 Å². The number of nitrogens with zero attached hydrogens (tertiary/aromatic N) is 5. The number of hydrogen-bond acceptors (Lipinski definition) is 5. The SMILES string of the molecule is CC(C)(C)c1ccc(-c2cnc(-c3ccc(-c4[c-]cccc4)nc3)nc2)cc1.[Ir+3].[c-]1ccccc1-c1ccccn1.[c-]1ccccc1-c1ccccn1. The average molecular weight is 865 g/mol. The molecule has 8 aromatic rings. The molecule has 0 aliphatic carbocycles. The number of benzene rings is 4. The molecule has 0 N–H and O–H groups in total. The number of aromatic nitrogens is 5. The van der Waals surface area contributed by atoms with Crippen molar-refractivity contribution in [3.05, 3.63) is 200 Å². The first-order valence-electron chi connectivity index (χ1n) is 17.1. The van der Waals surface area contributed by atoms with E-state index in [2.05, 4.69) is 88.2 Å². The zero-order valence-corrected chi connectivity index (χ0v) is 32.2. The molecule has 4 heterocycles. The third-order valence-electron chi connectivity index (χ3n) is 8.04. The second kappa shape index (κ2) is 19.1. The minimum atomic E-state index is 0. The van der Waals surface area contributed by atoms with Gasteiger partial charge in [-0.25, -0.2) is 9.97 Å². The summed E-state index contributed by atoms with van der Waals surface area (Å²) in [5, 5.41) is 0. The molecular formula is C47H38IrN5. The summed E-state index contributed by atoms with van der Waals surface area (Å²) in [6.07, 6.45) is 9.12. The zero-order valence-electron chi connectivity index (χ0n) is 29.8. The van der Waals surface area contributed by atoms with Crippen LogP contribution in [0.1, 0.15) is 26.3 Å². The predicted octanol–water partition coefficient (Wildman–Crippen LogP) is 11.1. The summed E-state index contributed by atoms with van der Waals surface area (Å²) in [4.78, 5) is 22.0.